The van der Waals surface area contributed by atoms with E-state index in [0.717, 1.165) is 31.5 Å². The van der Waals surface area contributed by atoms with Gasteiger partial charge in [-0.15, -0.1) is 0 Å². The van der Waals surface area contributed by atoms with Crippen LogP contribution in [0.3, 0.4) is 0 Å². The predicted octanol–water partition coefficient (Wildman–Crippen LogP) is 3.96. The molecule has 3 rings (SSSR count). The Morgan fingerprint density at radius 1 is 0.880 bits per heavy atom. The number of carbonyl (C=O) groups is 2. The number of anilines is 1. The van der Waals surface area contributed by atoms with E-state index in [4.69, 9.17) is 0 Å². The van der Waals surface area contributed by atoms with E-state index in [0.29, 0.717) is 11.3 Å². The molecular formula is C21H22N2O2. The van der Waals surface area contributed by atoms with Gasteiger partial charge in [0, 0.05) is 30.4 Å². The van der Waals surface area contributed by atoms with Gasteiger partial charge in [0.15, 0.2) is 0 Å². The summed E-state index contributed by atoms with van der Waals surface area (Å²) in [5.41, 5.74) is 2.32. The second-order valence-corrected chi connectivity index (χ2v) is 6.16. The summed E-state index contributed by atoms with van der Waals surface area (Å²) in [6, 6.07) is 16.7. The average molecular weight is 334 g/mol. The minimum atomic E-state index is -0.195. The van der Waals surface area contributed by atoms with E-state index in [1.807, 2.05) is 35.2 Å². The molecule has 25 heavy (non-hydrogen) atoms. The summed E-state index contributed by atoms with van der Waals surface area (Å²) in [5, 5.41) is 2.81. The molecule has 2 amide bonds. The molecule has 0 spiro atoms. The number of benzene rings is 2. The monoisotopic (exact) mass is 334 g/mol. The highest BCUT2D eigenvalue weighted by molar-refractivity contribution is 6.02. The zero-order valence-electron chi connectivity index (χ0n) is 14.2. The van der Waals surface area contributed by atoms with Gasteiger partial charge in [0.25, 0.3) is 5.91 Å². The average Bonchev–Trinajstić information content (AvgIpc) is 2.68. The first-order valence-electron chi connectivity index (χ1n) is 8.66. The fourth-order valence-electron chi connectivity index (χ4n) is 2.90. The van der Waals surface area contributed by atoms with Crippen LogP contribution in [0.25, 0.3) is 6.08 Å². The Balaban J connectivity index is 1.57. The molecule has 1 saturated heterocycles. The minimum absolute atomic E-state index is 0.0709. The Hall–Kier alpha value is -2.88. The Labute approximate surface area is 148 Å². The van der Waals surface area contributed by atoms with Crippen molar-refractivity contribution in [1.29, 1.82) is 0 Å². The van der Waals surface area contributed by atoms with Crippen molar-refractivity contribution in [1.82, 2.24) is 4.90 Å². The lowest BCUT2D eigenvalue weighted by molar-refractivity contribution is -0.111. The number of carbonyl (C=O) groups excluding carboxylic acids is 2. The normalized spacial score (nSPS) is 14.5. The van der Waals surface area contributed by atoms with Crippen molar-refractivity contribution in [2.75, 3.05) is 18.4 Å². The SMILES string of the molecule is O=C(/C=C/c1ccccc1)Nc1ccc(C(=O)N2CCCCC2)cc1. The van der Waals surface area contributed by atoms with E-state index >= 15 is 0 Å². The molecule has 1 heterocycles. The van der Waals surface area contributed by atoms with Gasteiger partial charge < -0.3 is 10.2 Å². The van der Waals surface area contributed by atoms with Crippen LogP contribution in [0.4, 0.5) is 5.69 Å². The van der Waals surface area contributed by atoms with Crippen LogP contribution >= 0.6 is 0 Å². The maximum Gasteiger partial charge on any atom is 0.253 e. The van der Waals surface area contributed by atoms with Crippen molar-refractivity contribution >= 4 is 23.6 Å². The van der Waals surface area contributed by atoms with E-state index in [2.05, 4.69) is 5.32 Å². The van der Waals surface area contributed by atoms with E-state index in [9.17, 15) is 9.59 Å². The van der Waals surface area contributed by atoms with E-state index < -0.39 is 0 Å². The summed E-state index contributed by atoms with van der Waals surface area (Å²) in [5.74, 6) is -0.125. The second kappa shape index (κ2) is 8.29. The van der Waals surface area contributed by atoms with Crippen LogP contribution in [0.5, 0.6) is 0 Å². The molecule has 0 bridgehead atoms. The number of rotatable bonds is 4. The molecule has 0 aromatic heterocycles. The Bertz CT molecular complexity index is 745. The fraction of sp³-hybridized carbons (Fsp3) is 0.238. The summed E-state index contributed by atoms with van der Waals surface area (Å²) in [4.78, 5) is 26.3. The van der Waals surface area contributed by atoms with E-state index in [1.165, 1.54) is 12.5 Å². The number of amides is 2. The third-order valence-corrected chi connectivity index (χ3v) is 4.27. The third-order valence-electron chi connectivity index (χ3n) is 4.27. The summed E-state index contributed by atoms with van der Waals surface area (Å²) >= 11 is 0. The van der Waals surface area contributed by atoms with Crippen LogP contribution in [0, 0.1) is 0 Å². The summed E-state index contributed by atoms with van der Waals surface area (Å²) in [7, 11) is 0. The highest BCUT2D eigenvalue weighted by Gasteiger charge is 2.17. The maximum atomic E-state index is 12.4. The van der Waals surface area contributed by atoms with Gasteiger partial charge in [0.1, 0.15) is 0 Å². The molecule has 1 fully saturated rings. The van der Waals surface area contributed by atoms with Gasteiger partial charge in [-0.3, -0.25) is 9.59 Å². The van der Waals surface area contributed by atoms with Gasteiger partial charge in [0.2, 0.25) is 5.91 Å². The largest absolute Gasteiger partial charge is 0.339 e. The van der Waals surface area contributed by atoms with Crippen molar-refractivity contribution in [3.05, 3.63) is 71.8 Å². The van der Waals surface area contributed by atoms with Crippen molar-refractivity contribution in [2.24, 2.45) is 0 Å². The number of nitrogens with zero attached hydrogens (tertiary/aromatic N) is 1. The lowest BCUT2D eigenvalue weighted by Crippen LogP contribution is -2.35. The summed E-state index contributed by atoms with van der Waals surface area (Å²) in [6.07, 6.45) is 6.62. The molecule has 1 N–H and O–H groups in total. The molecule has 4 nitrogen and oxygen atoms in total. The topological polar surface area (TPSA) is 49.4 Å². The van der Waals surface area contributed by atoms with E-state index in [-0.39, 0.29) is 11.8 Å². The van der Waals surface area contributed by atoms with Gasteiger partial charge in [0.05, 0.1) is 0 Å². The smallest absolute Gasteiger partial charge is 0.253 e. The molecule has 0 unspecified atom stereocenters. The quantitative estimate of drug-likeness (QED) is 0.860. The van der Waals surface area contributed by atoms with Crippen molar-refractivity contribution in [3.8, 4) is 0 Å². The fourth-order valence-corrected chi connectivity index (χ4v) is 2.90. The number of nitrogens with one attached hydrogen (secondary N) is 1. The summed E-state index contributed by atoms with van der Waals surface area (Å²) in [6.45, 7) is 1.67. The van der Waals surface area contributed by atoms with Crippen LogP contribution in [0.15, 0.2) is 60.7 Å². The molecule has 1 aliphatic heterocycles. The Morgan fingerprint density at radius 2 is 1.56 bits per heavy atom. The molecule has 2 aromatic carbocycles. The highest BCUT2D eigenvalue weighted by atomic mass is 16.2. The van der Waals surface area contributed by atoms with Crippen LogP contribution in [0.1, 0.15) is 35.2 Å². The first-order chi connectivity index (χ1) is 12.2. The standard InChI is InChI=1S/C21H22N2O2/c24-20(14-9-17-7-3-1-4-8-17)22-19-12-10-18(11-13-19)21(25)23-15-5-2-6-16-23/h1,3-4,7-14H,2,5-6,15-16H2,(H,22,24)/b14-9+. The van der Waals surface area contributed by atoms with Gasteiger partial charge in [-0.1, -0.05) is 30.3 Å². The molecular weight excluding hydrogens is 312 g/mol. The molecule has 0 atom stereocenters. The molecule has 0 radical (unpaired) electrons. The van der Waals surface area contributed by atoms with Crippen LogP contribution in [0.2, 0.25) is 0 Å². The van der Waals surface area contributed by atoms with Crippen LogP contribution < -0.4 is 5.32 Å². The first kappa shape index (κ1) is 17.0. The highest BCUT2D eigenvalue weighted by Crippen LogP contribution is 2.15. The zero-order chi connectivity index (χ0) is 17.5. The lowest BCUT2D eigenvalue weighted by atomic mass is 10.1. The number of likely N-dealkylation sites (tertiary alicyclic amines) is 1. The molecule has 128 valence electrons. The van der Waals surface area contributed by atoms with Crippen LogP contribution in [-0.2, 0) is 4.79 Å². The van der Waals surface area contributed by atoms with Crippen molar-refractivity contribution in [2.45, 2.75) is 19.3 Å². The predicted molar refractivity (Wildman–Crippen MR) is 100 cm³/mol. The zero-order valence-corrected chi connectivity index (χ0v) is 14.2. The molecule has 4 heteroatoms. The maximum absolute atomic E-state index is 12.4. The number of hydrogen-bond acceptors (Lipinski definition) is 2. The molecule has 1 aliphatic rings. The van der Waals surface area contributed by atoms with Crippen molar-refractivity contribution in [3.63, 3.8) is 0 Å². The van der Waals surface area contributed by atoms with E-state index in [1.54, 1.807) is 30.3 Å². The Kier molecular flexibility index (Phi) is 5.62. The van der Waals surface area contributed by atoms with Gasteiger partial charge in [-0.05, 0) is 55.2 Å². The first-order valence-corrected chi connectivity index (χ1v) is 8.66. The molecule has 0 aliphatic carbocycles. The lowest BCUT2D eigenvalue weighted by Gasteiger charge is -2.26. The van der Waals surface area contributed by atoms with Crippen molar-refractivity contribution < 1.29 is 9.59 Å². The number of piperidine rings is 1. The third kappa shape index (κ3) is 4.80. The number of hydrogen-bond donors (Lipinski definition) is 1. The molecule has 2 aromatic rings. The summed E-state index contributed by atoms with van der Waals surface area (Å²) < 4.78 is 0. The minimum Gasteiger partial charge on any atom is -0.339 e. The van der Waals surface area contributed by atoms with Crippen LogP contribution in [-0.4, -0.2) is 29.8 Å². The molecule has 0 saturated carbocycles. The Morgan fingerprint density at radius 3 is 2.24 bits per heavy atom. The van der Waals surface area contributed by atoms with Gasteiger partial charge >= 0.3 is 0 Å². The van der Waals surface area contributed by atoms with Gasteiger partial charge in [-0.25, -0.2) is 0 Å². The second-order valence-electron chi connectivity index (χ2n) is 6.16. The van der Waals surface area contributed by atoms with Gasteiger partial charge in [-0.2, -0.15) is 0 Å².